The number of rotatable bonds is 10. The van der Waals surface area contributed by atoms with Crippen LogP contribution in [0.1, 0.15) is 32.8 Å². The Morgan fingerprint density at radius 2 is 1.76 bits per heavy atom. The first-order valence-corrected chi connectivity index (χ1v) is 12.5. The molecule has 0 aliphatic rings. The van der Waals surface area contributed by atoms with E-state index in [2.05, 4.69) is 44.5 Å². The highest BCUT2D eigenvalue weighted by Crippen LogP contribution is 2.36. The lowest BCUT2D eigenvalue weighted by Gasteiger charge is -2.36. The average molecular weight is 424 g/mol. The van der Waals surface area contributed by atoms with E-state index in [1.165, 1.54) is 0 Å². The topological polar surface area (TPSA) is 120 Å². The number of amides is 3. The first kappa shape index (κ1) is 24.6. The van der Waals surface area contributed by atoms with Gasteiger partial charge in [0, 0.05) is 6.61 Å². The first-order valence-electron chi connectivity index (χ1n) is 9.59. The van der Waals surface area contributed by atoms with Crippen LogP contribution < -0.4 is 16.4 Å². The molecule has 0 bridgehead atoms. The van der Waals surface area contributed by atoms with Crippen molar-refractivity contribution in [3.63, 3.8) is 0 Å². The van der Waals surface area contributed by atoms with E-state index in [4.69, 9.17) is 14.9 Å². The number of ether oxygens (including phenoxy) is 1. The highest BCUT2D eigenvalue weighted by molar-refractivity contribution is 6.74. The minimum atomic E-state index is -1.95. The van der Waals surface area contributed by atoms with E-state index in [-0.39, 0.29) is 24.6 Å². The third kappa shape index (κ3) is 9.10. The van der Waals surface area contributed by atoms with Gasteiger partial charge >= 0.3 is 6.09 Å². The van der Waals surface area contributed by atoms with E-state index >= 15 is 0 Å². The molecular formula is C20H33N3O5Si. The van der Waals surface area contributed by atoms with Crippen LogP contribution in [-0.2, 0) is 25.4 Å². The van der Waals surface area contributed by atoms with Crippen molar-refractivity contribution in [1.82, 2.24) is 10.6 Å². The van der Waals surface area contributed by atoms with Crippen molar-refractivity contribution in [2.24, 2.45) is 5.73 Å². The molecule has 0 fully saturated rings. The molecule has 0 aromatic heterocycles. The van der Waals surface area contributed by atoms with E-state index in [9.17, 15) is 14.4 Å². The van der Waals surface area contributed by atoms with Crippen molar-refractivity contribution in [1.29, 1.82) is 0 Å². The molecule has 1 rings (SSSR count). The molecule has 4 N–H and O–H groups in total. The fourth-order valence-electron chi connectivity index (χ4n) is 2.11. The fourth-order valence-corrected chi connectivity index (χ4v) is 3.17. The van der Waals surface area contributed by atoms with Crippen molar-refractivity contribution in [2.45, 2.75) is 58.0 Å². The summed E-state index contributed by atoms with van der Waals surface area (Å²) in [6.45, 7) is 10.7. The number of hydrogen-bond donors (Lipinski definition) is 3. The van der Waals surface area contributed by atoms with Crippen LogP contribution >= 0.6 is 0 Å². The average Bonchev–Trinajstić information content (AvgIpc) is 2.63. The molecule has 0 radical (unpaired) electrons. The maximum atomic E-state index is 12.0. The standard InChI is InChI=1S/C20H33N3O5Si/c1-20(2,3)29(4,5)28-12-11-16(18(21)25)23-17(24)13-22-19(26)27-14-15-9-7-6-8-10-15/h6-10,16H,11-14H2,1-5H3,(H2,21,25)(H,22,26)(H,23,24)/t16-/m0/s1. The lowest BCUT2D eigenvalue weighted by molar-refractivity contribution is -0.127. The number of benzene rings is 1. The molecular weight excluding hydrogens is 390 g/mol. The predicted octanol–water partition coefficient (Wildman–Crippen LogP) is 2.29. The molecule has 1 aromatic carbocycles. The van der Waals surface area contributed by atoms with Gasteiger partial charge in [0.05, 0.1) is 0 Å². The van der Waals surface area contributed by atoms with Crippen LogP contribution in [0.2, 0.25) is 18.1 Å². The second-order valence-electron chi connectivity index (χ2n) is 8.34. The van der Waals surface area contributed by atoms with Crippen molar-refractivity contribution in [3.05, 3.63) is 35.9 Å². The van der Waals surface area contributed by atoms with Crippen LogP contribution in [0.4, 0.5) is 4.79 Å². The summed E-state index contributed by atoms with van der Waals surface area (Å²) >= 11 is 0. The van der Waals surface area contributed by atoms with Crippen LogP contribution in [0.3, 0.4) is 0 Å². The first-order chi connectivity index (χ1) is 13.4. The normalized spacial score (nSPS) is 12.7. The van der Waals surface area contributed by atoms with Gasteiger partial charge in [0.2, 0.25) is 11.8 Å². The van der Waals surface area contributed by atoms with Gasteiger partial charge in [-0.3, -0.25) is 9.59 Å². The Balaban J connectivity index is 2.38. The Hall–Kier alpha value is -2.39. The lowest BCUT2D eigenvalue weighted by atomic mass is 10.2. The Kier molecular flexibility index (Phi) is 9.32. The summed E-state index contributed by atoms with van der Waals surface area (Å²) in [6, 6.07) is 8.31. The van der Waals surface area contributed by atoms with Crippen LogP contribution in [0.5, 0.6) is 0 Å². The van der Waals surface area contributed by atoms with Gasteiger partial charge in [-0.05, 0) is 30.1 Å². The number of carbonyl (C=O) groups excluding carboxylic acids is 3. The van der Waals surface area contributed by atoms with Crippen molar-refractivity contribution >= 4 is 26.2 Å². The Morgan fingerprint density at radius 3 is 2.31 bits per heavy atom. The second kappa shape index (κ2) is 11.0. The van der Waals surface area contributed by atoms with Gasteiger partial charge in [0.25, 0.3) is 0 Å². The van der Waals surface area contributed by atoms with E-state index in [1.807, 2.05) is 30.3 Å². The molecule has 3 amide bonds. The van der Waals surface area contributed by atoms with Crippen LogP contribution in [-0.4, -0.2) is 45.4 Å². The largest absolute Gasteiger partial charge is 0.445 e. The van der Waals surface area contributed by atoms with Gasteiger partial charge in [-0.1, -0.05) is 51.1 Å². The summed E-state index contributed by atoms with van der Waals surface area (Å²) in [5.74, 6) is -1.18. The summed E-state index contributed by atoms with van der Waals surface area (Å²) in [5, 5.41) is 4.91. The summed E-state index contributed by atoms with van der Waals surface area (Å²) in [7, 11) is -1.95. The Bertz CT molecular complexity index is 689. The molecule has 0 aliphatic carbocycles. The lowest BCUT2D eigenvalue weighted by Crippen LogP contribution is -2.49. The van der Waals surface area contributed by atoms with E-state index in [1.54, 1.807) is 0 Å². The van der Waals surface area contributed by atoms with E-state index < -0.39 is 32.3 Å². The number of hydrogen-bond acceptors (Lipinski definition) is 5. The van der Waals surface area contributed by atoms with Gasteiger partial charge in [0.1, 0.15) is 19.2 Å². The smallest absolute Gasteiger partial charge is 0.407 e. The Labute approximate surface area is 173 Å². The van der Waals surface area contributed by atoms with Gasteiger partial charge in [-0.15, -0.1) is 0 Å². The molecule has 0 saturated heterocycles. The highest BCUT2D eigenvalue weighted by Gasteiger charge is 2.37. The summed E-state index contributed by atoms with van der Waals surface area (Å²) in [6.07, 6.45) is -0.452. The number of primary amides is 1. The van der Waals surface area contributed by atoms with Crippen molar-refractivity contribution in [3.8, 4) is 0 Å². The van der Waals surface area contributed by atoms with Crippen molar-refractivity contribution in [2.75, 3.05) is 13.2 Å². The quantitative estimate of drug-likeness (QED) is 0.499. The maximum absolute atomic E-state index is 12.0. The molecule has 8 nitrogen and oxygen atoms in total. The molecule has 0 heterocycles. The molecule has 0 aliphatic heterocycles. The molecule has 9 heteroatoms. The van der Waals surface area contributed by atoms with Gasteiger partial charge in [-0.2, -0.15) is 0 Å². The molecule has 0 saturated carbocycles. The zero-order valence-corrected chi connectivity index (χ0v) is 18.9. The van der Waals surface area contributed by atoms with Gasteiger partial charge < -0.3 is 25.5 Å². The molecule has 29 heavy (non-hydrogen) atoms. The van der Waals surface area contributed by atoms with E-state index in [0.717, 1.165) is 5.56 Å². The maximum Gasteiger partial charge on any atom is 0.407 e. The van der Waals surface area contributed by atoms with Gasteiger partial charge in [-0.25, -0.2) is 4.79 Å². The summed E-state index contributed by atoms with van der Waals surface area (Å²) in [5.41, 5.74) is 6.21. The minimum Gasteiger partial charge on any atom is -0.445 e. The Morgan fingerprint density at radius 1 is 1.14 bits per heavy atom. The molecule has 1 aromatic rings. The summed E-state index contributed by atoms with van der Waals surface area (Å²) in [4.78, 5) is 35.4. The number of nitrogens with two attached hydrogens (primary N) is 1. The second-order valence-corrected chi connectivity index (χ2v) is 13.1. The number of alkyl carbamates (subject to hydrolysis) is 1. The zero-order chi connectivity index (χ0) is 22.1. The van der Waals surface area contributed by atoms with Crippen LogP contribution in [0.15, 0.2) is 30.3 Å². The third-order valence-electron chi connectivity index (χ3n) is 4.96. The number of nitrogens with one attached hydrogen (secondary N) is 2. The SMILES string of the molecule is CC(C)(C)[Si](C)(C)OCC[C@H](NC(=O)CNC(=O)OCc1ccccc1)C(N)=O. The molecule has 0 unspecified atom stereocenters. The minimum absolute atomic E-state index is 0.0441. The number of carbonyl (C=O) groups is 3. The molecule has 0 spiro atoms. The van der Waals surface area contributed by atoms with E-state index in [0.29, 0.717) is 6.61 Å². The fraction of sp³-hybridized carbons (Fsp3) is 0.550. The van der Waals surface area contributed by atoms with Crippen LogP contribution in [0.25, 0.3) is 0 Å². The molecule has 1 atom stereocenters. The summed E-state index contributed by atoms with van der Waals surface area (Å²) < 4.78 is 11.0. The zero-order valence-electron chi connectivity index (χ0n) is 17.9. The highest BCUT2D eigenvalue weighted by atomic mass is 28.4. The van der Waals surface area contributed by atoms with Crippen molar-refractivity contribution < 1.29 is 23.5 Å². The predicted molar refractivity (Wildman–Crippen MR) is 114 cm³/mol. The van der Waals surface area contributed by atoms with Gasteiger partial charge in [0.15, 0.2) is 8.32 Å². The molecule has 162 valence electrons. The third-order valence-corrected chi connectivity index (χ3v) is 9.50. The van der Waals surface area contributed by atoms with Crippen LogP contribution in [0, 0.1) is 0 Å². The monoisotopic (exact) mass is 423 g/mol.